The average molecular weight is 382 g/mol. The molecule has 2 aliphatic rings. The fourth-order valence-corrected chi connectivity index (χ4v) is 4.73. The summed E-state index contributed by atoms with van der Waals surface area (Å²) in [7, 11) is 0. The molecule has 0 saturated heterocycles. The number of benzene rings is 2. The Labute approximate surface area is 162 Å². The monoisotopic (exact) mass is 381 g/mol. The number of hydrogen-bond donors (Lipinski definition) is 0. The Kier molecular flexibility index (Phi) is 4.26. The first-order chi connectivity index (χ1) is 12.8. The van der Waals surface area contributed by atoms with E-state index in [0.717, 1.165) is 10.2 Å². The highest BCUT2D eigenvalue weighted by atomic mass is 35.5. The Balaban J connectivity index is 1.53. The highest BCUT2D eigenvalue weighted by Crippen LogP contribution is 2.48. The Morgan fingerprint density at radius 2 is 1.58 bits per heavy atom. The quantitative estimate of drug-likeness (QED) is 0.488. The molecule has 1 unspecified atom stereocenters. The van der Waals surface area contributed by atoms with Gasteiger partial charge in [0.2, 0.25) is 0 Å². The van der Waals surface area contributed by atoms with Gasteiger partial charge >= 0.3 is 0 Å². The van der Waals surface area contributed by atoms with Gasteiger partial charge in [0.05, 0.1) is 5.25 Å². The Morgan fingerprint density at radius 3 is 2.23 bits per heavy atom. The molecule has 5 rings (SSSR count). The zero-order valence-electron chi connectivity index (χ0n) is 14.4. The lowest BCUT2D eigenvalue weighted by atomic mass is 10.0. The minimum atomic E-state index is 0.183. The third kappa shape index (κ3) is 3.28. The summed E-state index contributed by atoms with van der Waals surface area (Å²) in [4.78, 5) is 0. The van der Waals surface area contributed by atoms with Crippen LogP contribution in [0.25, 0.3) is 0 Å². The molecule has 2 saturated carbocycles. The van der Waals surface area contributed by atoms with E-state index < -0.39 is 0 Å². The maximum Gasteiger partial charge on any atom is 0.192 e. The first-order valence-corrected chi connectivity index (χ1v) is 10.5. The van der Waals surface area contributed by atoms with Gasteiger partial charge in [-0.05, 0) is 48.9 Å². The van der Waals surface area contributed by atoms with E-state index in [4.69, 9.17) is 11.6 Å². The van der Waals surface area contributed by atoms with Gasteiger partial charge in [0.1, 0.15) is 5.82 Å². The highest BCUT2D eigenvalue weighted by molar-refractivity contribution is 7.99. The maximum absolute atomic E-state index is 6.11. The summed E-state index contributed by atoms with van der Waals surface area (Å²) in [6.07, 6.45) is 5.02. The summed E-state index contributed by atoms with van der Waals surface area (Å²) in [5, 5.41) is 11.2. The smallest absolute Gasteiger partial charge is 0.192 e. The van der Waals surface area contributed by atoms with E-state index in [9.17, 15) is 0 Å². The van der Waals surface area contributed by atoms with E-state index in [-0.39, 0.29) is 5.25 Å². The topological polar surface area (TPSA) is 30.7 Å². The molecule has 26 heavy (non-hydrogen) atoms. The molecule has 0 N–H and O–H groups in total. The number of nitrogens with zero attached hydrogens (tertiary/aromatic N) is 3. The van der Waals surface area contributed by atoms with E-state index >= 15 is 0 Å². The number of aromatic nitrogens is 3. The molecular weight excluding hydrogens is 362 g/mol. The molecule has 3 nitrogen and oxygen atoms in total. The largest absolute Gasteiger partial charge is 0.303 e. The molecule has 3 aromatic rings. The molecule has 0 spiro atoms. The fraction of sp³-hybridized carbons (Fsp3) is 0.333. The average Bonchev–Trinajstić information content (AvgIpc) is 3.60. The normalized spacial score (nSPS) is 18.0. The van der Waals surface area contributed by atoms with E-state index in [1.165, 1.54) is 42.6 Å². The van der Waals surface area contributed by atoms with Gasteiger partial charge in [-0.25, -0.2) is 0 Å². The second kappa shape index (κ2) is 6.75. The molecule has 1 aromatic heterocycles. The predicted molar refractivity (Wildman–Crippen MR) is 106 cm³/mol. The fourth-order valence-electron chi connectivity index (χ4n) is 3.36. The lowest BCUT2D eigenvalue weighted by molar-refractivity contribution is 0.626. The third-order valence-electron chi connectivity index (χ3n) is 5.04. The summed E-state index contributed by atoms with van der Waals surface area (Å²) in [5.74, 6) is 1.83. The van der Waals surface area contributed by atoms with Gasteiger partial charge in [-0.3, -0.25) is 0 Å². The van der Waals surface area contributed by atoms with Crippen LogP contribution >= 0.6 is 23.4 Å². The standard InChI is InChI=1S/C21H20ClN3S/c22-17-10-8-15(9-11-17)19(14-4-2-1-3-5-14)26-21-24-23-20(16-6-7-16)25(21)18-12-13-18/h1-5,8-11,16,18-19H,6-7,12-13H2. The van der Waals surface area contributed by atoms with Gasteiger partial charge in [-0.1, -0.05) is 65.8 Å². The van der Waals surface area contributed by atoms with Crippen LogP contribution in [0.4, 0.5) is 0 Å². The van der Waals surface area contributed by atoms with Crippen LogP contribution in [0, 0.1) is 0 Å². The third-order valence-corrected chi connectivity index (χ3v) is 6.56. The van der Waals surface area contributed by atoms with Gasteiger partial charge in [-0.2, -0.15) is 0 Å². The van der Waals surface area contributed by atoms with Crippen molar-refractivity contribution in [1.29, 1.82) is 0 Å². The van der Waals surface area contributed by atoms with E-state index in [0.29, 0.717) is 12.0 Å². The van der Waals surface area contributed by atoms with E-state index in [1.807, 2.05) is 23.9 Å². The molecule has 2 aromatic carbocycles. The highest BCUT2D eigenvalue weighted by Gasteiger charge is 2.37. The van der Waals surface area contributed by atoms with Crippen molar-refractivity contribution >= 4 is 23.4 Å². The summed E-state index contributed by atoms with van der Waals surface area (Å²) >= 11 is 7.92. The van der Waals surface area contributed by atoms with Crippen LogP contribution in [0.3, 0.4) is 0 Å². The zero-order valence-corrected chi connectivity index (χ0v) is 16.0. The lowest BCUT2D eigenvalue weighted by Crippen LogP contribution is -2.04. The maximum atomic E-state index is 6.11. The lowest BCUT2D eigenvalue weighted by Gasteiger charge is -2.18. The first kappa shape index (κ1) is 16.4. The Hall–Kier alpha value is -1.78. The minimum absolute atomic E-state index is 0.183. The predicted octanol–water partition coefficient (Wildman–Crippen LogP) is 6.03. The van der Waals surface area contributed by atoms with Crippen molar-refractivity contribution in [2.75, 3.05) is 0 Å². The molecule has 0 aliphatic heterocycles. The summed E-state index contributed by atoms with van der Waals surface area (Å²) in [6.45, 7) is 0. The van der Waals surface area contributed by atoms with Crippen LogP contribution in [0.5, 0.6) is 0 Å². The molecule has 2 fully saturated rings. The molecule has 0 amide bonds. The van der Waals surface area contributed by atoms with Crippen LogP contribution in [0.2, 0.25) is 5.02 Å². The SMILES string of the molecule is Clc1ccc(C(Sc2nnc(C3CC3)n2C2CC2)c2ccccc2)cc1. The summed E-state index contributed by atoms with van der Waals surface area (Å²) in [6, 6.07) is 19.4. The van der Waals surface area contributed by atoms with E-state index in [1.54, 1.807) is 0 Å². The zero-order chi connectivity index (χ0) is 17.5. The van der Waals surface area contributed by atoms with Crippen LogP contribution in [0.15, 0.2) is 59.8 Å². The molecule has 5 heteroatoms. The molecular formula is C21H20ClN3S. The molecule has 0 bridgehead atoms. The second-order valence-electron chi connectivity index (χ2n) is 7.18. The Morgan fingerprint density at radius 1 is 0.885 bits per heavy atom. The molecule has 1 heterocycles. The molecule has 2 aliphatic carbocycles. The van der Waals surface area contributed by atoms with Crippen molar-refractivity contribution in [2.24, 2.45) is 0 Å². The van der Waals surface area contributed by atoms with Gasteiger partial charge < -0.3 is 4.57 Å². The van der Waals surface area contributed by atoms with Crippen LogP contribution in [-0.4, -0.2) is 14.8 Å². The number of hydrogen-bond acceptors (Lipinski definition) is 3. The van der Waals surface area contributed by atoms with Crippen LogP contribution in [-0.2, 0) is 0 Å². The van der Waals surface area contributed by atoms with Gasteiger partial charge in [-0.15, -0.1) is 10.2 Å². The van der Waals surface area contributed by atoms with E-state index in [2.05, 4.69) is 57.2 Å². The minimum Gasteiger partial charge on any atom is -0.303 e. The summed E-state index contributed by atoms with van der Waals surface area (Å²) < 4.78 is 2.42. The Bertz CT molecular complexity index is 899. The van der Waals surface area contributed by atoms with Gasteiger partial charge in [0.15, 0.2) is 5.16 Å². The second-order valence-corrected chi connectivity index (χ2v) is 8.69. The first-order valence-electron chi connectivity index (χ1n) is 9.21. The van der Waals surface area contributed by atoms with Crippen molar-refractivity contribution in [1.82, 2.24) is 14.8 Å². The molecule has 132 valence electrons. The summed E-state index contributed by atoms with van der Waals surface area (Å²) in [5.41, 5.74) is 2.52. The van der Waals surface area contributed by atoms with Crippen molar-refractivity contribution < 1.29 is 0 Å². The molecule has 0 radical (unpaired) electrons. The van der Waals surface area contributed by atoms with Crippen LogP contribution in [0.1, 0.15) is 59.8 Å². The van der Waals surface area contributed by atoms with Gasteiger partial charge in [0, 0.05) is 17.0 Å². The number of rotatable bonds is 6. The van der Waals surface area contributed by atoms with Crippen molar-refractivity contribution in [3.63, 3.8) is 0 Å². The number of halogens is 1. The van der Waals surface area contributed by atoms with Gasteiger partial charge in [0.25, 0.3) is 0 Å². The molecule has 1 atom stereocenters. The van der Waals surface area contributed by atoms with Crippen molar-refractivity contribution in [3.05, 3.63) is 76.6 Å². The number of thioether (sulfide) groups is 1. The van der Waals surface area contributed by atoms with Crippen molar-refractivity contribution in [2.45, 2.75) is 48.0 Å². The van der Waals surface area contributed by atoms with Crippen molar-refractivity contribution in [3.8, 4) is 0 Å². The van der Waals surface area contributed by atoms with Crippen LogP contribution < -0.4 is 0 Å².